The lowest BCUT2D eigenvalue weighted by atomic mass is 10.2. The Morgan fingerprint density at radius 1 is 1.29 bits per heavy atom. The summed E-state index contributed by atoms with van der Waals surface area (Å²) in [5, 5.41) is 3.92. The number of amides is 1. The van der Waals surface area contributed by atoms with E-state index in [2.05, 4.69) is 5.16 Å². The van der Waals surface area contributed by atoms with Gasteiger partial charge in [-0.2, -0.15) is 0 Å². The maximum atomic E-state index is 12.1. The third kappa shape index (κ3) is 4.36. The zero-order valence-corrected chi connectivity index (χ0v) is 13.4. The van der Waals surface area contributed by atoms with Crippen molar-refractivity contribution >= 4 is 17.7 Å². The fourth-order valence-corrected chi connectivity index (χ4v) is 3.12. The molecular weight excluding hydrogens is 284 g/mol. The van der Waals surface area contributed by atoms with E-state index in [-0.39, 0.29) is 5.91 Å². The van der Waals surface area contributed by atoms with Crippen LogP contribution >= 0.6 is 11.8 Å². The predicted octanol–water partition coefficient (Wildman–Crippen LogP) is 3.18. The molecule has 0 fully saturated rings. The van der Waals surface area contributed by atoms with Crippen molar-refractivity contribution in [3.05, 3.63) is 52.9 Å². The molecule has 0 aliphatic carbocycles. The molecule has 0 radical (unpaired) electrons. The van der Waals surface area contributed by atoms with Gasteiger partial charge in [0.1, 0.15) is 5.76 Å². The highest BCUT2D eigenvalue weighted by atomic mass is 32.2. The summed E-state index contributed by atoms with van der Waals surface area (Å²) < 4.78 is 5.12. The highest BCUT2D eigenvalue weighted by Crippen LogP contribution is 2.19. The first-order valence-corrected chi connectivity index (χ1v) is 8.00. The number of nitrogens with zero attached hydrogens (tertiary/aromatic N) is 2. The number of carbonyl (C=O) groups is 1. The van der Waals surface area contributed by atoms with E-state index in [0.29, 0.717) is 12.3 Å². The minimum Gasteiger partial charge on any atom is -0.361 e. The van der Waals surface area contributed by atoms with Gasteiger partial charge in [-0.1, -0.05) is 35.5 Å². The minimum atomic E-state index is 0.135. The van der Waals surface area contributed by atoms with Crippen molar-refractivity contribution in [3.63, 3.8) is 0 Å². The highest BCUT2D eigenvalue weighted by molar-refractivity contribution is 7.99. The second kappa shape index (κ2) is 7.31. The Kier molecular flexibility index (Phi) is 5.44. The van der Waals surface area contributed by atoms with Crippen molar-refractivity contribution in [1.29, 1.82) is 0 Å². The van der Waals surface area contributed by atoms with Crippen LogP contribution in [-0.2, 0) is 17.1 Å². The van der Waals surface area contributed by atoms with Crippen LogP contribution in [0.25, 0.3) is 0 Å². The molecule has 5 heteroatoms. The minimum absolute atomic E-state index is 0.135. The highest BCUT2D eigenvalue weighted by Gasteiger charge is 2.12. The fourth-order valence-electron chi connectivity index (χ4n) is 2.00. The number of benzene rings is 1. The quantitative estimate of drug-likeness (QED) is 0.822. The summed E-state index contributed by atoms with van der Waals surface area (Å²) in [6.45, 7) is 4.47. The maximum Gasteiger partial charge on any atom is 0.232 e. The van der Waals surface area contributed by atoms with Crippen molar-refractivity contribution in [2.24, 2.45) is 0 Å². The van der Waals surface area contributed by atoms with Crippen LogP contribution in [0.2, 0.25) is 0 Å². The normalized spacial score (nSPS) is 10.6. The van der Waals surface area contributed by atoms with Gasteiger partial charge >= 0.3 is 0 Å². The molecule has 0 spiro atoms. The average Bonchev–Trinajstić information content (AvgIpc) is 2.80. The number of hydrogen-bond donors (Lipinski definition) is 0. The molecule has 0 aliphatic heterocycles. The Morgan fingerprint density at radius 3 is 2.62 bits per heavy atom. The molecule has 1 aromatic carbocycles. The van der Waals surface area contributed by atoms with Crippen LogP contribution in [-0.4, -0.2) is 28.8 Å². The first-order valence-electron chi connectivity index (χ1n) is 6.85. The van der Waals surface area contributed by atoms with Gasteiger partial charge in [0.2, 0.25) is 5.91 Å². The van der Waals surface area contributed by atoms with Gasteiger partial charge in [0.05, 0.1) is 11.4 Å². The van der Waals surface area contributed by atoms with Gasteiger partial charge in [0.15, 0.2) is 0 Å². The number of aromatic nitrogens is 1. The van der Waals surface area contributed by atoms with E-state index in [1.54, 1.807) is 16.7 Å². The van der Waals surface area contributed by atoms with Gasteiger partial charge < -0.3 is 9.42 Å². The molecule has 0 bridgehead atoms. The lowest BCUT2D eigenvalue weighted by Gasteiger charge is -2.17. The standard InChI is InChI=1S/C16H20N2O2S/c1-12-15(13(2)20-17-12)10-21-11-16(19)18(3)9-14-7-5-4-6-8-14/h4-8H,9-11H2,1-3H3. The maximum absolute atomic E-state index is 12.1. The zero-order chi connectivity index (χ0) is 15.2. The van der Waals surface area contributed by atoms with Gasteiger partial charge in [0, 0.05) is 24.9 Å². The van der Waals surface area contributed by atoms with Crippen molar-refractivity contribution in [1.82, 2.24) is 10.1 Å². The van der Waals surface area contributed by atoms with E-state index >= 15 is 0 Å². The molecule has 1 amide bonds. The average molecular weight is 304 g/mol. The van der Waals surface area contributed by atoms with Crippen LogP contribution in [0.5, 0.6) is 0 Å². The molecule has 0 aliphatic rings. The molecule has 0 N–H and O–H groups in total. The topological polar surface area (TPSA) is 46.3 Å². The van der Waals surface area contributed by atoms with Crippen molar-refractivity contribution in [2.45, 2.75) is 26.1 Å². The molecule has 0 saturated carbocycles. The van der Waals surface area contributed by atoms with Gasteiger partial charge in [-0.05, 0) is 19.4 Å². The van der Waals surface area contributed by atoms with Crippen LogP contribution in [0.1, 0.15) is 22.6 Å². The lowest BCUT2D eigenvalue weighted by molar-refractivity contribution is -0.127. The summed E-state index contributed by atoms with van der Waals surface area (Å²) in [4.78, 5) is 13.9. The second-order valence-corrected chi connectivity index (χ2v) is 6.02. The Balaban J connectivity index is 1.79. The molecule has 21 heavy (non-hydrogen) atoms. The van der Waals surface area contributed by atoms with Crippen LogP contribution in [0, 0.1) is 13.8 Å². The Bertz CT molecular complexity index is 576. The largest absolute Gasteiger partial charge is 0.361 e. The summed E-state index contributed by atoms with van der Waals surface area (Å²) in [5.41, 5.74) is 3.15. The molecule has 2 aromatic rings. The van der Waals surface area contributed by atoms with Gasteiger partial charge in [-0.15, -0.1) is 11.8 Å². The first-order chi connectivity index (χ1) is 10.1. The van der Waals surface area contributed by atoms with E-state index in [9.17, 15) is 4.79 Å². The third-order valence-corrected chi connectivity index (χ3v) is 4.29. The first kappa shape index (κ1) is 15.6. The fraction of sp³-hybridized carbons (Fsp3) is 0.375. The van der Waals surface area contributed by atoms with Gasteiger partial charge in [-0.25, -0.2) is 0 Å². The molecule has 0 saturated heterocycles. The predicted molar refractivity (Wildman–Crippen MR) is 85.1 cm³/mol. The van der Waals surface area contributed by atoms with E-state index in [1.807, 2.05) is 51.2 Å². The van der Waals surface area contributed by atoms with Crippen molar-refractivity contribution in [2.75, 3.05) is 12.8 Å². The van der Waals surface area contributed by atoms with Crippen molar-refractivity contribution < 1.29 is 9.32 Å². The molecule has 1 heterocycles. The van der Waals surface area contributed by atoms with Crippen LogP contribution < -0.4 is 0 Å². The van der Waals surface area contributed by atoms with Crippen LogP contribution in [0.3, 0.4) is 0 Å². The monoisotopic (exact) mass is 304 g/mol. The summed E-state index contributed by atoms with van der Waals surface area (Å²) in [6, 6.07) is 10.0. The van der Waals surface area contributed by atoms with E-state index in [4.69, 9.17) is 4.52 Å². The lowest BCUT2D eigenvalue weighted by Crippen LogP contribution is -2.27. The summed E-state index contributed by atoms with van der Waals surface area (Å²) in [7, 11) is 1.84. The Morgan fingerprint density at radius 2 is 2.00 bits per heavy atom. The number of thioether (sulfide) groups is 1. The number of hydrogen-bond acceptors (Lipinski definition) is 4. The van der Waals surface area contributed by atoms with E-state index in [1.165, 1.54) is 0 Å². The van der Waals surface area contributed by atoms with Gasteiger partial charge in [-0.3, -0.25) is 4.79 Å². The van der Waals surface area contributed by atoms with Crippen LogP contribution in [0.4, 0.5) is 0 Å². The zero-order valence-electron chi connectivity index (χ0n) is 12.6. The number of carbonyl (C=O) groups excluding carboxylic acids is 1. The van der Waals surface area contributed by atoms with Crippen LogP contribution in [0.15, 0.2) is 34.9 Å². The summed E-state index contributed by atoms with van der Waals surface area (Å²) >= 11 is 1.60. The summed E-state index contributed by atoms with van der Waals surface area (Å²) in [5.74, 6) is 2.19. The van der Waals surface area contributed by atoms with Crippen molar-refractivity contribution in [3.8, 4) is 0 Å². The van der Waals surface area contributed by atoms with Gasteiger partial charge in [0.25, 0.3) is 0 Å². The molecule has 4 nitrogen and oxygen atoms in total. The third-order valence-electron chi connectivity index (χ3n) is 3.34. The smallest absolute Gasteiger partial charge is 0.232 e. The SMILES string of the molecule is Cc1noc(C)c1CSCC(=O)N(C)Cc1ccccc1. The second-order valence-electron chi connectivity index (χ2n) is 5.03. The number of aryl methyl sites for hydroxylation is 2. The Labute approximate surface area is 129 Å². The Hall–Kier alpha value is -1.75. The molecule has 0 atom stereocenters. The summed E-state index contributed by atoms with van der Waals surface area (Å²) in [6.07, 6.45) is 0. The molecular formula is C16H20N2O2S. The molecule has 0 unspecified atom stereocenters. The van der Waals surface area contributed by atoms with E-state index in [0.717, 1.165) is 28.3 Å². The number of rotatable bonds is 6. The molecule has 2 rings (SSSR count). The molecule has 112 valence electrons. The molecule has 1 aromatic heterocycles. The van der Waals surface area contributed by atoms with E-state index < -0.39 is 0 Å².